The highest BCUT2D eigenvalue weighted by molar-refractivity contribution is 5.66. The van der Waals surface area contributed by atoms with E-state index < -0.39 is 0 Å². The molecule has 1 aliphatic heterocycles. The first-order valence-electron chi connectivity index (χ1n) is 6.96. The van der Waals surface area contributed by atoms with Crippen molar-refractivity contribution in [3.8, 4) is 0 Å². The molecule has 3 rings (SSSR count). The molecule has 2 aromatic rings. The normalized spacial score (nSPS) is 12.7. The van der Waals surface area contributed by atoms with Crippen LogP contribution in [0.1, 0.15) is 11.1 Å². The van der Waals surface area contributed by atoms with Gasteiger partial charge in [0.1, 0.15) is 0 Å². The summed E-state index contributed by atoms with van der Waals surface area (Å²) in [5.41, 5.74) is 5.10. The molecule has 0 fully saturated rings. The van der Waals surface area contributed by atoms with Crippen molar-refractivity contribution in [1.82, 2.24) is 4.98 Å². The van der Waals surface area contributed by atoms with Crippen LogP contribution in [0.25, 0.3) is 0 Å². The molecule has 20 heavy (non-hydrogen) atoms. The fraction of sp³-hybridized carbons (Fsp3) is 0.312. The Morgan fingerprint density at radius 1 is 1.25 bits per heavy atom. The van der Waals surface area contributed by atoms with Crippen molar-refractivity contribution in [2.75, 3.05) is 36.2 Å². The highest BCUT2D eigenvalue weighted by Crippen LogP contribution is 2.28. The Morgan fingerprint density at radius 2 is 2.15 bits per heavy atom. The smallest absolute Gasteiger partial charge is 0.151 e. The molecule has 0 radical (unpaired) electrons. The van der Waals surface area contributed by atoms with Crippen molar-refractivity contribution in [2.45, 2.75) is 13.0 Å². The fourth-order valence-electron chi connectivity index (χ4n) is 2.64. The summed E-state index contributed by atoms with van der Waals surface area (Å²) in [7, 11) is 4.02. The molecule has 0 spiro atoms. The lowest BCUT2D eigenvalue weighted by atomic mass is 10.1. The number of aromatic nitrogens is 1. The highest BCUT2D eigenvalue weighted by Gasteiger charge is 2.13. The second kappa shape index (κ2) is 5.41. The first-order chi connectivity index (χ1) is 9.75. The summed E-state index contributed by atoms with van der Waals surface area (Å²) in [6, 6.07) is 10.5. The third kappa shape index (κ3) is 2.41. The molecule has 4 heteroatoms. The maximum absolute atomic E-state index is 4.41. The Bertz CT molecular complexity index is 607. The summed E-state index contributed by atoms with van der Waals surface area (Å²) in [6.45, 7) is 1.85. The molecule has 0 unspecified atom stereocenters. The average Bonchev–Trinajstić information content (AvgIpc) is 2.94. The molecular formula is C16H20N4. The van der Waals surface area contributed by atoms with Crippen LogP contribution >= 0.6 is 0 Å². The van der Waals surface area contributed by atoms with Crippen molar-refractivity contribution < 1.29 is 0 Å². The minimum atomic E-state index is 0.808. The third-order valence-electron chi connectivity index (χ3n) is 3.61. The van der Waals surface area contributed by atoms with Crippen molar-refractivity contribution >= 4 is 17.2 Å². The first-order valence-corrected chi connectivity index (χ1v) is 6.96. The quantitative estimate of drug-likeness (QED) is 0.894. The van der Waals surface area contributed by atoms with Crippen LogP contribution < -0.4 is 15.5 Å². The predicted octanol–water partition coefficient (Wildman–Crippen LogP) is 2.73. The zero-order valence-electron chi connectivity index (χ0n) is 12.0. The third-order valence-corrected chi connectivity index (χ3v) is 3.61. The Hall–Kier alpha value is -2.23. The number of benzene rings is 1. The van der Waals surface area contributed by atoms with E-state index in [0.29, 0.717) is 0 Å². The molecule has 0 aliphatic carbocycles. The van der Waals surface area contributed by atoms with E-state index in [0.717, 1.165) is 31.0 Å². The molecular weight excluding hydrogens is 248 g/mol. The van der Waals surface area contributed by atoms with Crippen LogP contribution in [0.5, 0.6) is 0 Å². The van der Waals surface area contributed by atoms with Crippen LogP contribution in [0, 0.1) is 0 Å². The summed E-state index contributed by atoms with van der Waals surface area (Å²) in [4.78, 5) is 6.43. The molecule has 0 saturated carbocycles. The van der Waals surface area contributed by atoms with Crippen molar-refractivity contribution in [3.05, 3.63) is 47.7 Å². The van der Waals surface area contributed by atoms with E-state index in [4.69, 9.17) is 0 Å². The zero-order valence-corrected chi connectivity index (χ0v) is 12.0. The van der Waals surface area contributed by atoms with Crippen LogP contribution in [0.2, 0.25) is 0 Å². The monoisotopic (exact) mass is 268 g/mol. The van der Waals surface area contributed by atoms with E-state index in [2.05, 4.69) is 39.9 Å². The average molecular weight is 268 g/mol. The number of nitrogens with zero attached hydrogens (tertiary/aromatic N) is 2. The molecule has 1 aromatic heterocycles. The van der Waals surface area contributed by atoms with E-state index in [-0.39, 0.29) is 0 Å². The molecule has 1 aromatic carbocycles. The lowest BCUT2D eigenvalue weighted by molar-refractivity contribution is 1.05. The van der Waals surface area contributed by atoms with E-state index in [1.54, 1.807) is 0 Å². The largest absolute Gasteiger partial charge is 0.384 e. The van der Waals surface area contributed by atoms with Gasteiger partial charge in [0.2, 0.25) is 0 Å². The number of fused-ring (bicyclic) bond motifs is 1. The number of para-hydroxylation sites is 1. The van der Waals surface area contributed by atoms with E-state index >= 15 is 0 Å². The lowest BCUT2D eigenvalue weighted by Gasteiger charge is -2.17. The van der Waals surface area contributed by atoms with Gasteiger partial charge in [0, 0.05) is 39.1 Å². The van der Waals surface area contributed by atoms with Gasteiger partial charge in [0.15, 0.2) is 5.82 Å². The number of hydrogen-bond acceptors (Lipinski definition) is 4. The zero-order chi connectivity index (χ0) is 13.9. The van der Waals surface area contributed by atoms with E-state index in [1.807, 2.05) is 31.3 Å². The van der Waals surface area contributed by atoms with Gasteiger partial charge in [-0.3, -0.25) is 0 Å². The van der Waals surface area contributed by atoms with Gasteiger partial charge in [-0.25, -0.2) is 4.98 Å². The second-order valence-corrected chi connectivity index (χ2v) is 5.25. The number of rotatable bonds is 4. The highest BCUT2D eigenvalue weighted by atomic mass is 15.2. The van der Waals surface area contributed by atoms with Crippen LogP contribution in [-0.4, -0.2) is 25.6 Å². The topological polar surface area (TPSA) is 40.2 Å². The molecule has 0 atom stereocenters. The Morgan fingerprint density at radius 3 is 3.00 bits per heavy atom. The van der Waals surface area contributed by atoms with E-state index in [1.165, 1.54) is 16.8 Å². The van der Waals surface area contributed by atoms with Gasteiger partial charge in [-0.15, -0.1) is 0 Å². The maximum atomic E-state index is 4.41. The van der Waals surface area contributed by atoms with Crippen LogP contribution in [-0.2, 0) is 13.0 Å². The Kier molecular flexibility index (Phi) is 3.46. The van der Waals surface area contributed by atoms with Gasteiger partial charge in [0.25, 0.3) is 0 Å². The predicted molar refractivity (Wildman–Crippen MR) is 84.5 cm³/mol. The van der Waals surface area contributed by atoms with Gasteiger partial charge < -0.3 is 15.5 Å². The minimum absolute atomic E-state index is 0.808. The maximum Gasteiger partial charge on any atom is 0.151 e. The second-order valence-electron chi connectivity index (χ2n) is 5.25. The molecule has 0 saturated heterocycles. The first kappa shape index (κ1) is 12.8. The summed E-state index contributed by atoms with van der Waals surface area (Å²) < 4.78 is 0. The molecule has 104 valence electrons. The van der Waals surface area contributed by atoms with Gasteiger partial charge in [0.05, 0.1) is 5.69 Å². The summed E-state index contributed by atoms with van der Waals surface area (Å²) in [5, 5.41) is 6.97. The van der Waals surface area contributed by atoms with Crippen LogP contribution in [0.15, 0.2) is 36.5 Å². The molecule has 2 heterocycles. The molecule has 4 nitrogen and oxygen atoms in total. The number of nitrogens with one attached hydrogen (secondary N) is 2. The van der Waals surface area contributed by atoms with Crippen molar-refractivity contribution in [1.29, 1.82) is 0 Å². The van der Waals surface area contributed by atoms with Gasteiger partial charge in [-0.05, 0) is 29.7 Å². The Labute approximate surface area is 119 Å². The minimum Gasteiger partial charge on any atom is -0.384 e. The van der Waals surface area contributed by atoms with Gasteiger partial charge >= 0.3 is 0 Å². The molecule has 2 N–H and O–H groups in total. The van der Waals surface area contributed by atoms with E-state index in [9.17, 15) is 0 Å². The van der Waals surface area contributed by atoms with Crippen molar-refractivity contribution in [3.63, 3.8) is 0 Å². The fourth-order valence-corrected chi connectivity index (χ4v) is 2.64. The summed E-state index contributed by atoms with van der Waals surface area (Å²) in [5.74, 6) is 0.966. The Balaban J connectivity index is 1.79. The van der Waals surface area contributed by atoms with Crippen LogP contribution in [0.4, 0.5) is 17.2 Å². The lowest BCUT2D eigenvalue weighted by Crippen LogP contribution is -2.14. The van der Waals surface area contributed by atoms with Gasteiger partial charge in [-0.1, -0.05) is 18.2 Å². The SMILES string of the molecule is CN(C)c1ncccc1NCc1cccc2c1NCC2. The molecule has 0 amide bonds. The summed E-state index contributed by atoms with van der Waals surface area (Å²) >= 11 is 0. The van der Waals surface area contributed by atoms with Crippen LogP contribution in [0.3, 0.4) is 0 Å². The standard InChI is InChI=1S/C16H20N4/c1-20(2)16-14(7-4-9-18-16)19-11-13-6-3-5-12-8-10-17-15(12)13/h3-7,9,17,19H,8,10-11H2,1-2H3. The summed E-state index contributed by atoms with van der Waals surface area (Å²) in [6.07, 6.45) is 2.95. The van der Waals surface area contributed by atoms with Gasteiger partial charge in [-0.2, -0.15) is 0 Å². The number of hydrogen-bond donors (Lipinski definition) is 2. The number of pyridine rings is 1. The molecule has 0 bridgehead atoms. The molecule has 1 aliphatic rings. The van der Waals surface area contributed by atoms with Crippen molar-refractivity contribution in [2.24, 2.45) is 0 Å². The number of anilines is 3.